The molecule has 1 heterocycles. The number of nitrogens with zero attached hydrogens (tertiary/aromatic N) is 1. The lowest BCUT2D eigenvalue weighted by Gasteiger charge is -2.25. The molecule has 0 bridgehead atoms. The average molecular weight is 429 g/mol. The molecule has 4 rings (SSSR count). The highest BCUT2D eigenvalue weighted by Gasteiger charge is 2.47. The molecule has 3 aromatic rings. The Morgan fingerprint density at radius 2 is 1.66 bits per heavy atom. The van der Waals surface area contributed by atoms with Crippen molar-refractivity contribution in [3.05, 3.63) is 95.1 Å². The quantitative estimate of drug-likeness (QED) is 0.363. The number of hydrogen-bond acceptors (Lipinski definition) is 5. The number of aliphatic hydroxyl groups is 1. The van der Waals surface area contributed by atoms with E-state index in [1.54, 1.807) is 74.9 Å². The van der Waals surface area contributed by atoms with Crippen LogP contribution in [0.15, 0.2) is 78.4 Å². The molecular weight excluding hydrogens is 406 g/mol. The number of amides is 1. The van der Waals surface area contributed by atoms with E-state index in [0.29, 0.717) is 28.3 Å². The number of carbonyl (C=O) groups is 2. The van der Waals surface area contributed by atoms with Crippen LogP contribution in [0.5, 0.6) is 11.5 Å². The van der Waals surface area contributed by atoms with Gasteiger partial charge in [-0.2, -0.15) is 0 Å². The molecule has 1 N–H and O–H groups in total. The zero-order valence-electron chi connectivity index (χ0n) is 18.0. The molecule has 1 fully saturated rings. The minimum atomic E-state index is -0.810. The molecule has 1 unspecified atom stereocenters. The van der Waals surface area contributed by atoms with Crippen molar-refractivity contribution in [2.75, 3.05) is 19.1 Å². The average Bonchev–Trinajstić information content (AvgIpc) is 3.09. The Morgan fingerprint density at radius 3 is 2.31 bits per heavy atom. The summed E-state index contributed by atoms with van der Waals surface area (Å²) in [4.78, 5) is 27.7. The SMILES string of the molecule is COc1cccc(C2/C(=C(/O)c3ccc(OC)c(C)c3)C(=O)C(=O)N2c2ccccc2)c1. The molecule has 0 saturated carbocycles. The van der Waals surface area contributed by atoms with Gasteiger partial charge < -0.3 is 14.6 Å². The minimum absolute atomic E-state index is 0.0247. The van der Waals surface area contributed by atoms with Gasteiger partial charge in [-0.3, -0.25) is 14.5 Å². The van der Waals surface area contributed by atoms with Crippen molar-refractivity contribution in [2.24, 2.45) is 0 Å². The predicted octanol–water partition coefficient (Wildman–Crippen LogP) is 4.64. The van der Waals surface area contributed by atoms with Crippen LogP contribution in [0.3, 0.4) is 0 Å². The van der Waals surface area contributed by atoms with E-state index in [9.17, 15) is 14.7 Å². The van der Waals surface area contributed by atoms with Crippen LogP contribution in [-0.2, 0) is 9.59 Å². The highest BCUT2D eigenvalue weighted by molar-refractivity contribution is 6.51. The summed E-state index contributed by atoms with van der Waals surface area (Å²) >= 11 is 0. The molecule has 1 aliphatic rings. The van der Waals surface area contributed by atoms with Crippen molar-refractivity contribution in [1.29, 1.82) is 0 Å². The molecule has 0 aliphatic carbocycles. The number of aryl methyl sites for hydroxylation is 1. The first-order valence-corrected chi connectivity index (χ1v) is 10.1. The summed E-state index contributed by atoms with van der Waals surface area (Å²) in [6.07, 6.45) is 0. The molecule has 0 spiro atoms. The predicted molar refractivity (Wildman–Crippen MR) is 122 cm³/mol. The van der Waals surface area contributed by atoms with Crippen molar-refractivity contribution >= 4 is 23.1 Å². The molecular formula is C26H23NO5. The van der Waals surface area contributed by atoms with Gasteiger partial charge in [0.15, 0.2) is 0 Å². The Kier molecular flexibility index (Phi) is 5.69. The molecule has 162 valence electrons. The number of ketones is 1. The monoisotopic (exact) mass is 429 g/mol. The van der Waals surface area contributed by atoms with Crippen molar-refractivity contribution in [2.45, 2.75) is 13.0 Å². The highest BCUT2D eigenvalue weighted by atomic mass is 16.5. The number of aliphatic hydroxyl groups excluding tert-OH is 1. The summed E-state index contributed by atoms with van der Waals surface area (Å²) in [5, 5.41) is 11.2. The third-order valence-electron chi connectivity index (χ3n) is 5.56. The number of benzene rings is 3. The van der Waals surface area contributed by atoms with Gasteiger partial charge in [-0.25, -0.2) is 0 Å². The Morgan fingerprint density at radius 1 is 0.906 bits per heavy atom. The summed E-state index contributed by atoms with van der Waals surface area (Å²) in [7, 11) is 3.11. The van der Waals surface area contributed by atoms with Gasteiger partial charge in [0, 0.05) is 11.3 Å². The Hall–Kier alpha value is -4.06. The molecule has 0 aromatic heterocycles. The summed E-state index contributed by atoms with van der Waals surface area (Å²) in [6.45, 7) is 1.84. The van der Waals surface area contributed by atoms with Gasteiger partial charge in [0.05, 0.1) is 25.8 Å². The zero-order valence-corrected chi connectivity index (χ0v) is 18.0. The fraction of sp³-hybridized carbons (Fsp3) is 0.154. The van der Waals surface area contributed by atoms with Gasteiger partial charge in [-0.05, 0) is 60.5 Å². The van der Waals surface area contributed by atoms with Gasteiger partial charge >= 0.3 is 0 Å². The summed E-state index contributed by atoms with van der Waals surface area (Å²) in [5.41, 5.74) is 2.47. The zero-order chi connectivity index (χ0) is 22.8. The van der Waals surface area contributed by atoms with Crippen molar-refractivity contribution in [3.63, 3.8) is 0 Å². The Balaban J connectivity index is 1.94. The first-order chi connectivity index (χ1) is 15.5. The van der Waals surface area contributed by atoms with Gasteiger partial charge in [-0.15, -0.1) is 0 Å². The number of carbonyl (C=O) groups excluding carboxylic acids is 2. The topological polar surface area (TPSA) is 76.1 Å². The third-order valence-corrected chi connectivity index (χ3v) is 5.56. The van der Waals surface area contributed by atoms with E-state index in [-0.39, 0.29) is 11.3 Å². The van der Waals surface area contributed by atoms with Crippen molar-refractivity contribution < 1.29 is 24.2 Å². The summed E-state index contributed by atoms with van der Waals surface area (Å²) in [5.74, 6) is -0.430. The largest absolute Gasteiger partial charge is 0.507 e. The summed E-state index contributed by atoms with van der Waals surface area (Å²) in [6, 6.07) is 20.4. The number of para-hydroxylation sites is 1. The summed E-state index contributed by atoms with van der Waals surface area (Å²) < 4.78 is 10.6. The van der Waals surface area contributed by atoms with Crippen LogP contribution >= 0.6 is 0 Å². The molecule has 1 aliphatic heterocycles. The maximum absolute atomic E-state index is 13.2. The maximum atomic E-state index is 13.2. The molecule has 6 nitrogen and oxygen atoms in total. The van der Waals surface area contributed by atoms with Crippen molar-refractivity contribution in [3.8, 4) is 11.5 Å². The second-order valence-electron chi connectivity index (χ2n) is 7.47. The van der Waals surface area contributed by atoms with Crippen LogP contribution in [-0.4, -0.2) is 31.0 Å². The first kappa shape index (κ1) is 21.2. The molecule has 3 aromatic carbocycles. The normalized spacial score (nSPS) is 17.5. The van der Waals surface area contributed by atoms with Crippen molar-refractivity contribution in [1.82, 2.24) is 0 Å². The van der Waals surface area contributed by atoms with E-state index in [1.807, 2.05) is 19.1 Å². The third kappa shape index (κ3) is 3.60. The molecule has 1 saturated heterocycles. The van der Waals surface area contributed by atoms with Crippen LogP contribution in [0.2, 0.25) is 0 Å². The molecule has 1 atom stereocenters. The van der Waals surface area contributed by atoms with Crippen LogP contribution in [0.4, 0.5) is 5.69 Å². The van der Waals surface area contributed by atoms with Crippen LogP contribution in [0.25, 0.3) is 5.76 Å². The van der Waals surface area contributed by atoms with E-state index in [4.69, 9.17) is 9.47 Å². The lowest BCUT2D eigenvalue weighted by atomic mass is 9.94. The number of anilines is 1. The van der Waals surface area contributed by atoms with E-state index < -0.39 is 17.7 Å². The van der Waals surface area contributed by atoms with Crippen LogP contribution in [0.1, 0.15) is 22.7 Å². The fourth-order valence-electron chi connectivity index (χ4n) is 4.00. The van der Waals surface area contributed by atoms with Gasteiger partial charge in [-0.1, -0.05) is 30.3 Å². The number of ether oxygens (including phenoxy) is 2. The number of methoxy groups -OCH3 is 2. The first-order valence-electron chi connectivity index (χ1n) is 10.1. The maximum Gasteiger partial charge on any atom is 0.300 e. The highest BCUT2D eigenvalue weighted by Crippen LogP contribution is 2.43. The molecule has 1 amide bonds. The Bertz CT molecular complexity index is 1220. The Labute approximate surface area is 186 Å². The minimum Gasteiger partial charge on any atom is -0.507 e. The molecule has 32 heavy (non-hydrogen) atoms. The number of hydrogen-bond donors (Lipinski definition) is 1. The lowest BCUT2D eigenvalue weighted by molar-refractivity contribution is -0.132. The fourth-order valence-corrected chi connectivity index (χ4v) is 4.00. The second-order valence-corrected chi connectivity index (χ2v) is 7.47. The lowest BCUT2D eigenvalue weighted by Crippen LogP contribution is -2.29. The van der Waals surface area contributed by atoms with E-state index in [0.717, 1.165) is 5.56 Å². The van der Waals surface area contributed by atoms with Gasteiger partial charge in [0.1, 0.15) is 17.3 Å². The van der Waals surface area contributed by atoms with E-state index >= 15 is 0 Å². The molecule has 0 radical (unpaired) electrons. The van der Waals surface area contributed by atoms with Gasteiger partial charge in [0.25, 0.3) is 11.7 Å². The van der Waals surface area contributed by atoms with E-state index in [2.05, 4.69) is 0 Å². The van der Waals surface area contributed by atoms with Gasteiger partial charge in [0.2, 0.25) is 0 Å². The number of Topliss-reactive ketones (excluding diaryl/α,β-unsaturated/α-hetero) is 1. The standard InChI is InChI=1S/C26H23NO5/c1-16-14-18(12-13-21(16)32-3)24(28)22-23(17-8-7-11-20(15-17)31-2)27(26(30)25(22)29)19-9-5-4-6-10-19/h4-15,23,28H,1-3H3/b24-22-. The number of rotatable bonds is 5. The van der Waals surface area contributed by atoms with Crippen LogP contribution in [0, 0.1) is 6.92 Å². The smallest absolute Gasteiger partial charge is 0.300 e. The van der Waals surface area contributed by atoms with Crippen LogP contribution < -0.4 is 14.4 Å². The van der Waals surface area contributed by atoms with E-state index in [1.165, 1.54) is 4.90 Å². The molecule has 6 heteroatoms. The second kappa shape index (κ2) is 8.59.